The number of non-ortho nitro benzene ring substituents is 1. The Kier molecular flexibility index (Phi) is 3.48. The number of fused-ring (bicyclic) bond motifs is 1. The predicted molar refractivity (Wildman–Crippen MR) is 78.8 cm³/mol. The Labute approximate surface area is 129 Å². The maximum Gasteiger partial charge on any atom is 0.269 e. The predicted octanol–water partition coefficient (Wildman–Crippen LogP) is 1.02. The van der Waals surface area contributed by atoms with Gasteiger partial charge in [0.2, 0.25) is 17.8 Å². The van der Waals surface area contributed by atoms with Crippen molar-refractivity contribution >= 4 is 29.1 Å². The van der Waals surface area contributed by atoms with Gasteiger partial charge in [-0.2, -0.15) is 10.1 Å². The summed E-state index contributed by atoms with van der Waals surface area (Å²) < 4.78 is 1.33. The van der Waals surface area contributed by atoms with Crippen molar-refractivity contribution in [2.75, 3.05) is 10.6 Å². The molecule has 2 amide bonds. The van der Waals surface area contributed by atoms with Crippen LogP contribution in [0.1, 0.15) is 18.0 Å². The smallest absolute Gasteiger partial charge is 0.269 e. The number of amides is 2. The lowest BCUT2D eigenvalue weighted by atomic mass is 10.1. The number of rotatable bonds is 3. The summed E-state index contributed by atoms with van der Waals surface area (Å²) in [5.74, 6) is -0.559. The average Bonchev–Trinajstić information content (AvgIpc) is 2.96. The summed E-state index contributed by atoms with van der Waals surface area (Å²) in [7, 11) is 0. The van der Waals surface area contributed by atoms with E-state index in [0.717, 1.165) is 0 Å². The summed E-state index contributed by atoms with van der Waals surface area (Å²) in [4.78, 5) is 38.1. The van der Waals surface area contributed by atoms with Crippen LogP contribution in [0.2, 0.25) is 0 Å². The first-order valence-electron chi connectivity index (χ1n) is 6.71. The molecule has 2 N–H and O–H groups in total. The molecule has 0 fully saturated rings. The zero-order chi connectivity index (χ0) is 16.6. The molecule has 0 bridgehead atoms. The highest BCUT2D eigenvalue weighted by molar-refractivity contribution is 6.01. The summed E-state index contributed by atoms with van der Waals surface area (Å²) >= 11 is 0. The van der Waals surface area contributed by atoms with E-state index >= 15 is 0 Å². The Balaban J connectivity index is 1.83. The second-order valence-electron chi connectivity index (χ2n) is 5.04. The largest absolute Gasteiger partial charge is 0.324 e. The van der Waals surface area contributed by atoms with E-state index < -0.39 is 16.9 Å². The van der Waals surface area contributed by atoms with E-state index in [4.69, 9.17) is 0 Å². The fourth-order valence-corrected chi connectivity index (χ4v) is 2.33. The van der Waals surface area contributed by atoms with E-state index in [1.165, 1.54) is 29.2 Å². The van der Waals surface area contributed by atoms with Crippen molar-refractivity contribution in [1.29, 1.82) is 0 Å². The molecule has 2 heterocycles. The van der Waals surface area contributed by atoms with Gasteiger partial charge in [0.15, 0.2) is 0 Å². The molecular weight excluding hydrogens is 304 g/mol. The molecule has 0 saturated carbocycles. The molecule has 1 aromatic carbocycles. The number of nitro groups is 1. The Morgan fingerprint density at radius 2 is 2.30 bits per heavy atom. The minimum Gasteiger partial charge on any atom is -0.324 e. The first-order chi connectivity index (χ1) is 11.0. The van der Waals surface area contributed by atoms with Crippen LogP contribution in [0.25, 0.3) is 0 Å². The molecule has 10 nitrogen and oxygen atoms in total. The van der Waals surface area contributed by atoms with Crippen LogP contribution in [0.3, 0.4) is 0 Å². The summed E-state index contributed by atoms with van der Waals surface area (Å²) in [6.45, 7) is 1.65. The second kappa shape index (κ2) is 5.48. The lowest BCUT2D eigenvalue weighted by Crippen LogP contribution is -2.36. The first-order valence-corrected chi connectivity index (χ1v) is 6.71. The van der Waals surface area contributed by atoms with Gasteiger partial charge in [0.1, 0.15) is 12.4 Å². The molecule has 1 atom stereocenters. The molecule has 0 radical (unpaired) electrons. The Hall–Kier alpha value is -3.30. The highest BCUT2D eigenvalue weighted by atomic mass is 16.6. The minimum absolute atomic E-state index is 0.0592. The number of hydrogen-bond donors (Lipinski definition) is 2. The Morgan fingerprint density at radius 1 is 1.52 bits per heavy atom. The van der Waals surface area contributed by atoms with Gasteiger partial charge in [0.25, 0.3) is 5.69 Å². The number of carbonyl (C=O) groups is 2. The third-order valence-corrected chi connectivity index (χ3v) is 3.48. The number of anilines is 2. The number of aromatic nitrogens is 3. The van der Waals surface area contributed by atoms with E-state index in [1.54, 1.807) is 6.92 Å². The van der Waals surface area contributed by atoms with Crippen LogP contribution < -0.4 is 10.6 Å². The lowest BCUT2D eigenvalue weighted by molar-refractivity contribution is -0.384. The standard InChI is InChI=1S/C13H12N6O4/c1-7-4-8(19(22)23)2-3-9(7)16-12(21)10-5-11(20)17-13-14-6-15-18(10)13/h2-4,6,10H,5H2,1H3,(H,16,21)(H,14,15,17,20)/t10-/m1/s1. The Morgan fingerprint density at radius 3 is 3.00 bits per heavy atom. The molecule has 0 spiro atoms. The SMILES string of the molecule is Cc1cc([N+](=O)[O-])ccc1NC(=O)[C@H]1CC(=O)Nc2ncnn21. The zero-order valence-electron chi connectivity index (χ0n) is 12.0. The van der Waals surface area contributed by atoms with Crippen LogP contribution in [0, 0.1) is 17.0 Å². The molecule has 0 unspecified atom stereocenters. The molecule has 1 aromatic heterocycles. The topological polar surface area (TPSA) is 132 Å². The first kappa shape index (κ1) is 14.6. The van der Waals surface area contributed by atoms with Crippen LogP contribution in [0.4, 0.5) is 17.3 Å². The number of nitro benzene ring substituents is 1. The van der Waals surface area contributed by atoms with Gasteiger partial charge in [0, 0.05) is 17.8 Å². The number of nitrogens with zero attached hydrogens (tertiary/aromatic N) is 4. The van der Waals surface area contributed by atoms with Gasteiger partial charge in [-0.15, -0.1) is 0 Å². The zero-order valence-corrected chi connectivity index (χ0v) is 12.0. The van der Waals surface area contributed by atoms with Crippen molar-refractivity contribution in [3.05, 3.63) is 40.2 Å². The molecule has 10 heteroatoms. The molecule has 3 rings (SSSR count). The third-order valence-electron chi connectivity index (χ3n) is 3.48. The quantitative estimate of drug-likeness (QED) is 0.641. The van der Waals surface area contributed by atoms with Crippen LogP contribution in [-0.2, 0) is 9.59 Å². The Bertz CT molecular complexity index is 815. The van der Waals surface area contributed by atoms with Gasteiger partial charge in [-0.3, -0.25) is 25.0 Å². The maximum absolute atomic E-state index is 12.4. The van der Waals surface area contributed by atoms with E-state index in [-0.39, 0.29) is 24.0 Å². The van der Waals surface area contributed by atoms with Crippen molar-refractivity contribution in [3.63, 3.8) is 0 Å². The summed E-state index contributed by atoms with van der Waals surface area (Å²) in [5, 5.41) is 19.9. The molecular formula is C13H12N6O4. The molecule has 23 heavy (non-hydrogen) atoms. The van der Waals surface area contributed by atoms with Crippen LogP contribution >= 0.6 is 0 Å². The van der Waals surface area contributed by atoms with Gasteiger partial charge < -0.3 is 5.32 Å². The number of carbonyl (C=O) groups excluding carboxylic acids is 2. The third kappa shape index (κ3) is 2.73. The summed E-state index contributed by atoms with van der Waals surface area (Å²) in [6.07, 6.45) is 1.19. The lowest BCUT2D eigenvalue weighted by Gasteiger charge is -2.22. The van der Waals surface area contributed by atoms with Crippen molar-refractivity contribution in [1.82, 2.24) is 14.8 Å². The molecule has 1 aliphatic heterocycles. The summed E-state index contributed by atoms with van der Waals surface area (Å²) in [6, 6.07) is 3.30. The van der Waals surface area contributed by atoms with Gasteiger partial charge in [-0.25, -0.2) is 4.68 Å². The highest BCUT2D eigenvalue weighted by Crippen LogP contribution is 2.25. The molecule has 118 valence electrons. The summed E-state index contributed by atoms with van der Waals surface area (Å²) in [5.41, 5.74) is 0.927. The van der Waals surface area contributed by atoms with Crippen molar-refractivity contribution < 1.29 is 14.5 Å². The van der Waals surface area contributed by atoms with Crippen molar-refractivity contribution in [2.24, 2.45) is 0 Å². The number of aryl methyl sites for hydroxylation is 1. The van der Waals surface area contributed by atoms with E-state index in [1.807, 2.05) is 0 Å². The number of nitrogens with one attached hydrogen (secondary N) is 2. The van der Waals surface area contributed by atoms with E-state index in [9.17, 15) is 19.7 Å². The van der Waals surface area contributed by atoms with E-state index in [2.05, 4.69) is 20.7 Å². The highest BCUT2D eigenvalue weighted by Gasteiger charge is 2.32. The second-order valence-corrected chi connectivity index (χ2v) is 5.04. The van der Waals surface area contributed by atoms with E-state index in [0.29, 0.717) is 11.3 Å². The number of benzene rings is 1. The average molecular weight is 316 g/mol. The van der Waals surface area contributed by atoms with Gasteiger partial charge in [0.05, 0.1) is 11.3 Å². The van der Waals surface area contributed by atoms with Gasteiger partial charge >= 0.3 is 0 Å². The van der Waals surface area contributed by atoms with Crippen LogP contribution in [0.5, 0.6) is 0 Å². The maximum atomic E-state index is 12.4. The minimum atomic E-state index is -0.823. The van der Waals surface area contributed by atoms with Gasteiger partial charge in [-0.1, -0.05) is 0 Å². The molecule has 0 saturated heterocycles. The van der Waals surface area contributed by atoms with Crippen molar-refractivity contribution in [3.8, 4) is 0 Å². The molecule has 2 aromatic rings. The fraction of sp³-hybridized carbons (Fsp3) is 0.231. The number of hydrogen-bond acceptors (Lipinski definition) is 6. The molecule has 0 aliphatic carbocycles. The molecule has 1 aliphatic rings. The monoisotopic (exact) mass is 316 g/mol. The van der Waals surface area contributed by atoms with Crippen molar-refractivity contribution in [2.45, 2.75) is 19.4 Å². The fourth-order valence-electron chi connectivity index (χ4n) is 2.33. The normalized spacial score (nSPS) is 16.4. The van der Waals surface area contributed by atoms with Gasteiger partial charge in [-0.05, 0) is 18.6 Å². The van der Waals surface area contributed by atoms with Crippen LogP contribution in [0.15, 0.2) is 24.5 Å². The van der Waals surface area contributed by atoms with Crippen LogP contribution in [-0.4, -0.2) is 31.5 Å².